The number of methoxy groups -OCH3 is 1. The number of terminal acetylenes is 1. The average Bonchev–Trinajstić information content (AvgIpc) is 2.95. The first-order valence-electron chi connectivity index (χ1n) is 6.24. The molecule has 0 radical (unpaired) electrons. The van der Waals surface area contributed by atoms with Gasteiger partial charge in [0, 0.05) is 12.4 Å². The predicted molar refractivity (Wildman–Crippen MR) is 78.0 cm³/mol. The van der Waals surface area contributed by atoms with Crippen LogP contribution >= 0.6 is 0 Å². The molecule has 21 heavy (non-hydrogen) atoms. The van der Waals surface area contributed by atoms with E-state index in [-0.39, 0.29) is 6.61 Å². The molecule has 1 aromatic carbocycles. The van der Waals surface area contributed by atoms with Gasteiger partial charge in [0.2, 0.25) is 0 Å². The van der Waals surface area contributed by atoms with Crippen molar-refractivity contribution in [3.8, 4) is 35.2 Å². The quantitative estimate of drug-likeness (QED) is 0.740. The third-order valence-electron chi connectivity index (χ3n) is 2.89. The van der Waals surface area contributed by atoms with Crippen LogP contribution in [0.1, 0.15) is 0 Å². The van der Waals surface area contributed by atoms with E-state index in [9.17, 15) is 0 Å². The number of imidazole rings is 1. The summed E-state index contributed by atoms with van der Waals surface area (Å²) in [6.45, 7) is 0.164. The molecule has 0 amide bonds. The fraction of sp³-hybridized carbons (Fsp3) is 0.133. The average molecular weight is 280 g/mol. The van der Waals surface area contributed by atoms with Crippen LogP contribution in [0.4, 0.5) is 0 Å². The summed E-state index contributed by atoms with van der Waals surface area (Å²) in [7, 11) is 1.59. The Labute approximate surface area is 121 Å². The molecule has 0 fully saturated rings. The van der Waals surface area contributed by atoms with Crippen LogP contribution in [-0.2, 0) is 0 Å². The number of H-pyrrole nitrogens is 1. The molecule has 0 atom stereocenters. The Kier molecular flexibility index (Phi) is 3.39. The van der Waals surface area contributed by atoms with Gasteiger partial charge < -0.3 is 14.5 Å². The van der Waals surface area contributed by atoms with E-state index < -0.39 is 0 Å². The minimum atomic E-state index is 0.164. The van der Waals surface area contributed by atoms with E-state index in [0.29, 0.717) is 34.2 Å². The van der Waals surface area contributed by atoms with E-state index in [1.165, 1.54) is 0 Å². The molecule has 2 aromatic heterocycles. The number of hydrogen-bond donors (Lipinski definition) is 1. The molecule has 1 N–H and O–H groups in total. The normalized spacial score (nSPS) is 10.3. The molecule has 2 heterocycles. The number of rotatable bonds is 4. The summed E-state index contributed by atoms with van der Waals surface area (Å²) < 4.78 is 10.9. The number of hydrogen-bond acceptors (Lipinski definition) is 5. The fourth-order valence-electron chi connectivity index (χ4n) is 2.02. The Bertz CT molecular complexity index is 787. The van der Waals surface area contributed by atoms with Crippen LogP contribution < -0.4 is 9.47 Å². The van der Waals surface area contributed by atoms with E-state index in [1.54, 1.807) is 19.5 Å². The molecule has 6 heteroatoms. The summed E-state index contributed by atoms with van der Waals surface area (Å²) in [6.07, 6.45) is 8.43. The molecule has 0 aliphatic rings. The highest BCUT2D eigenvalue weighted by Gasteiger charge is 2.17. The molecule has 3 aromatic rings. The fourth-order valence-corrected chi connectivity index (χ4v) is 2.02. The van der Waals surface area contributed by atoms with Gasteiger partial charge in [-0.3, -0.25) is 0 Å². The second kappa shape index (κ2) is 5.51. The molecule has 6 nitrogen and oxygen atoms in total. The first-order chi connectivity index (χ1) is 10.3. The van der Waals surface area contributed by atoms with E-state index in [1.807, 2.05) is 18.2 Å². The van der Waals surface area contributed by atoms with Crippen LogP contribution in [0, 0.1) is 12.3 Å². The van der Waals surface area contributed by atoms with Gasteiger partial charge >= 0.3 is 0 Å². The Morgan fingerprint density at radius 2 is 2.05 bits per heavy atom. The lowest BCUT2D eigenvalue weighted by molar-refractivity contribution is 0.365. The Balaban J connectivity index is 2.17. The molecule has 0 saturated carbocycles. The maximum absolute atomic E-state index is 5.56. The van der Waals surface area contributed by atoms with Crippen LogP contribution in [0.25, 0.3) is 22.7 Å². The molecule has 0 saturated heterocycles. The van der Waals surface area contributed by atoms with E-state index in [0.717, 1.165) is 0 Å². The van der Waals surface area contributed by atoms with Gasteiger partial charge in [0.15, 0.2) is 11.3 Å². The molecule has 0 aliphatic heterocycles. The van der Waals surface area contributed by atoms with Gasteiger partial charge in [-0.15, -0.1) is 6.42 Å². The van der Waals surface area contributed by atoms with E-state index >= 15 is 0 Å². The Morgan fingerprint density at radius 3 is 2.81 bits per heavy atom. The highest BCUT2D eigenvalue weighted by Crippen LogP contribution is 2.37. The largest absolute Gasteiger partial charge is 0.496 e. The second-order valence-electron chi connectivity index (χ2n) is 4.14. The number of fused-ring (bicyclic) bond motifs is 1. The number of nitrogens with zero attached hydrogens (tertiary/aromatic N) is 3. The van der Waals surface area contributed by atoms with Crippen LogP contribution in [0.3, 0.4) is 0 Å². The van der Waals surface area contributed by atoms with Crippen molar-refractivity contribution in [1.82, 2.24) is 19.9 Å². The van der Waals surface area contributed by atoms with Gasteiger partial charge in [0.05, 0.1) is 7.11 Å². The lowest BCUT2D eigenvalue weighted by atomic mass is 10.1. The van der Waals surface area contributed by atoms with Gasteiger partial charge in [-0.2, -0.15) is 0 Å². The van der Waals surface area contributed by atoms with Gasteiger partial charge in [-0.05, 0) is 12.1 Å². The monoisotopic (exact) mass is 280 g/mol. The third kappa shape index (κ3) is 2.37. The molecule has 0 unspecified atom stereocenters. The SMILES string of the molecule is C#CCOc1cccc(OC)c1-c1nc2nccnc2[nH]1. The zero-order valence-electron chi connectivity index (χ0n) is 11.3. The number of nitrogens with one attached hydrogen (secondary N) is 1. The lowest BCUT2D eigenvalue weighted by Crippen LogP contribution is -1.98. The minimum absolute atomic E-state index is 0.164. The molecule has 3 rings (SSSR count). The highest BCUT2D eigenvalue weighted by molar-refractivity contribution is 5.78. The van der Waals surface area contributed by atoms with Gasteiger partial charge in [-0.25, -0.2) is 15.0 Å². The third-order valence-corrected chi connectivity index (χ3v) is 2.89. The number of ether oxygens (including phenoxy) is 2. The Hall–Kier alpha value is -3.07. The zero-order chi connectivity index (χ0) is 14.7. The number of benzene rings is 1. The number of aromatic nitrogens is 4. The number of aromatic amines is 1. The topological polar surface area (TPSA) is 72.9 Å². The smallest absolute Gasteiger partial charge is 0.197 e. The molecule has 104 valence electrons. The van der Waals surface area contributed by atoms with Crippen molar-refractivity contribution >= 4 is 11.3 Å². The highest BCUT2D eigenvalue weighted by atomic mass is 16.5. The van der Waals surface area contributed by atoms with Crippen LogP contribution in [0.5, 0.6) is 11.5 Å². The molecular weight excluding hydrogens is 268 g/mol. The molecule has 0 spiro atoms. The van der Waals surface area contributed by atoms with Crippen LogP contribution in [0.2, 0.25) is 0 Å². The zero-order valence-corrected chi connectivity index (χ0v) is 11.3. The van der Waals surface area contributed by atoms with Crippen LogP contribution in [0.15, 0.2) is 30.6 Å². The minimum Gasteiger partial charge on any atom is -0.496 e. The summed E-state index contributed by atoms with van der Waals surface area (Å²) >= 11 is 0. The summed E-state index contributed by atoms with van der Waals surface area (Å²) in [5.74, 6) is 4.23. The van der Waals surface area contributed by atoms with Crippen molar-refractivity contribution in [1.29, 1.82) is 0 Å². The van der Waals surface area contributed by atoms with Crippen molar-refractivity contribution in [2.24, 2.45) is 0 Å². The van der Waals surface area contributed by atoms with Gasteiger partial charge in [0.25, 0.3) is 0 Å². The molecule has 0 aliphatic carbocycles. The van der Waals surface area contributed by atoms with Gasteiger partial charge in [-0.1, -0.05) is 12.0 Å². The summed E-state index contributed by atoms with van der Waals surface area (Å²) in [5.41, 5.74) is 1.82. The Morgan fingerprint density at radius 1 is 1.24 bits per heavy atom. The van der Waals surface area contributed by atoms with Crippen molar-refractivity contribution < 1.29 is 9.47 Å². The summed E-state index contributed by atoms with van der Waals surface area (Å²) in [5, 5.41) is 0. The summed E-state index contributed by atoms with van der Waals surface area (Å²) in [4.78, 5) is 15.9. The predicted octanol–water partition coefficient (Wildman–Crippen LogP) is 2.04. The molecule has 0 bridgehead atoms. The maximum atomic E-state index is 5.56. The lowest BCUT2D eigenvalue weighted by Gasteiger charge is -2.11. The maximum Gasteiger partial charge on any atom is 0.197 e. The van der Waals surface area contributed by atoms with Crippen molar-refractivity contribution in [2.75, 3.05) is 13.7 Å². The van der Waals surface area contributed by atoms with Crippen LogP contribution in [-0.4, -0.2) is 33.7 Å². The van der Waals surface area contributed by atoms with Gasteiger partial charge in [0.1, 0.15) is 29.5 Å². The standard InChI is InChI=1S/C15H12N4O2/c1-3-9-21-11-6-4-5-10(20-2)12(11)13-18-14-15(19-13)17-8-7-16-14/h1,4-8H,9H2,2H3,(H,16,17,18,19). The summed E-state index contributed by atoms with van der Waals surface area (Å²) in [6, 6.07) is 5.46. The van der Waals surface area contributed by atoms with Crippen molar-refractivity contribution in [3.05, 3.63) is 30.6 Å². The molecular formula is C15H12N4O2. The van der Waals surface area contributed by atoms with Crippen molar-refractivity contribution in [2.45, 2.75) is 0 Å². The first-order valence-corrected chi connectivity index (χ1v) is 6.24. The van der Waals surface area contributed by atoms with E-state index in [2.05, 4.69) is 25.9 Å². The first kappa shape index (κ1) is 12.9. The van der Waals surface area contributed by atoms with Crippen molar-refractivity contribution in [3.63, 3.8) is 0 Å². The second-order valence-corrected chi connectivity index (χ2v) is 4.14. The van der Waals surface area contributed by atoms with E-state index in [4.69, 9.17) is 15.9 Å².